The van der Waals surface area contributed by atoms with Crippen molar-refractivity contribution in [3.63, 3.8) is 0 Å². The van der Waals surface area contributed by atoms with Gasteiger partial charge in [0.05, 0.1) is 12.2 Å². The topological polar surface area (TPSA) is 109 Å². The number of aliphatic carboxylic acids is 1. The van der Waals surface area contributed by atoms with Gasteiger partial charge in [-0.3, -0.25) is 9.20 Å². The van der Waals surface area contributed by atoms with Gasteiger partial charge < -0.3 is 10.1 Å². The van der Waals surface area contributed by atoms with Gasteiger partial charge in [-0.2, -0.15) is 0 Å². The Kier molecular flexibility index (Phi) is 1.88. The molecule has 4 rings (SSSR count). The molecule has 2 N–H and O–H groups in total. The average molecular weight is 272 g/mol. The molecule has 8 heteroatoms. The first-order chi connectivity index (χ1) is 9.51. The highest BCUT2D eigenvalue weighted by Crippen LogP contribution is 2.63. The number of carbonyl (C=O) groups is 1. The Balaban J connectivity index is 1.92. The van der Waals surface area contributed by atoms with Crippen molar-refractivity contribution in [3.8, 4) is 0 Å². The third-order valence-electron chi connectivity index (χ3n) is 4.23. The third-order valence-corrected chi connectivity index (χ3v) is 4.23. The van der Waals surface area contributed by atoms with Crippen LogP contribution in [0.1, 0.15) is 25.6 Å². The normalized spacial score (nSPS) is 24.3. The number of nitrogens with zero attached hydrogens (tertiary/aromatic N) is 5. The first-order valence-electron chi connectivity index (χ1n) is 6.27. The second kappa shape index (κ2) is 3.33. The van der Waals surface area contributed by atoms with Gasteiger partial charge in [-0.1, -0.05) is 13.8 Å². The molecule has 2 unspecified atom stereocenters. The lowest BCUT2D eigenvalue weighted by Gasteiger charge is -2.00. The molecular weight excluding hydrogens is 260 g/mol. The van der Waals surface area contributed by atoms with E-state index in [9.17, 15) is 9.90 Å². The molecule has 20 heavy (non-hydrogen) atoms. The van der Waals surface area contributed by atoms with E-state index in [0.29, 0.717) is 22.6 Å². The Morgan fingerprint density at radius 3 is 2.90 bits per heavy atom. The van der Waals surface area contributed by atoms with Crippen LogP contribution in [0.5, 0.6) is 0 Å². The molecule has 0 amide bonds. The maximum atomic E-state index is 11.3. The quantitative estimate of drug-likeness (QED) is 0.715. The molecule has 0 aliphatic heterocycles. The van der Waals surface area contributed by atoms with E-state index in [1.807, 2.05) is 13.8 Å². The second-order valence-electron chi connectivity index (χ2n) is 5.71. The number of H-pyrrole nitrogens is 1. The molecule has 0 aromatic carbocycles. The lowest BCUT2D eigenvalue weighted by atomic mass is 10.1. The van der Waals surface area contributed by atoms with Gasteiger partial charge in [0, 0.05) is 5.92 Å². The summed E-state index contributed by atoms with van der Waals surface area (Å²) in [6.07, 6.45) is 3.15. The summed E-state index contributed by atoms with van der Waals surface area (Å²) in [4.78, 5) is 22.6. The van der Waals surface area contributed by atoms with Crippen LogP contribution in [-0.2, 0) is 4.79 Å². The first-order valence-corrected chi connectivity index (χ1v) is 6.27. The van der Waals surface area contributed by atoms with E-state index in [1.54, 1.807) is 17.1 Å². The largest absolute Gasteiger partial charge is 0.481 e. The predicted molar refractivity (Wildman–Crippen MR) is 68.1 cm³/mol. The zero-order chi connectivity index (χ0) is 14.1. The summed E-state index contributed by atoms with van der Waals surface area (Å²) in [6, 6.07) is 0. The van der Waals surface area contributed by atoms with Gasteiger partial charge in [-0.25, -0.2) is 9.97 Å². The number of hydrogen-bond acceptors (Lipinski definition) is 5. The van der Waals surface area contributed by atoms with Crippen LogP contribution in [0.2, 0.25) is 0 Å². The SMILES string of the molecule is CC1(C)C(C(=O)O)C1c1nnc2c3[nH]cnc3ncn12. The summed E-state index contributed by atoms with van der Waals surface area (Å²) in [5, 5.41) is 17.6. The third kappa shape index (κ3) is 1.23. The number of carboxylic acid groups (broad SMARTS) is 1. The molecule has 1 aliphatic rings. The molecule has 8 nitrogen and oxygen atoms in total. The summed E-state index contributed by atoms with van der Waals surface area (Å²) >= 11 is 0. The fourth-order valence-corrected chi connectivity index (χ4v) is 3.04. The zero-order valence-corrected chi connectivity index (χ0v) is 10.9. The van der Waals surface area contributed by atoms with Crippen LogP contribution >= 0.6 is 0 Å². The number of fused-ring (bicyclic) bond motifs is 3. The van der Waals surface area contributed by atoms with E-state index in [4.69, 9.17) is 0 Å². The van der Waals surface area contributed by atoms with Gasteiger partial charge in [0.2, 0.25) is 0 Å². The Morgan fingerprint density at radius 1 is 1.40 bits per heavy atom. The summed E-state index contributed by atoms with van der Waals surface area (Å²) in [6.45, 7) is 3.86. The maximum Gasteiger partial charge on any atom is 0.307 e. The van der Waals surface area contributed by atoms with Crippen molar-refractivity contribution in [1.82, 2.24) is 29.5 Å². The van der Waals surface area contributed by atoms with Crippen molar-refractivity contribution in [2.45, 2.75) is 19.8 Å². The van der Waals surface area contributed by atoms with Crippen molar-refractivity contribution in [3.05, 3.63) is 18.5 Å². The second-order valence-corrected chi connectivity index (χ2v) is 5.71. The van der Waals surface area contributed by atoms with Crippen LogP contribution in [-0.4, -0.2) is 40.6 Å². The van der Waals surface area contributed by atoms with E-state index in [2.05, 4.69) is 25.1 Å². The molecule has 2 atom stereocenters. The molecule has 1 fully saturated rings. The van der Waals surface area contributed by atoms with Crippen molar-refractivity contribution < 1.29 is 9.90 Å². The molecule has 0 bridgehead atoms. The van der Waals surface area contributed by atoms with Gasteiger partial charge in [-0.15, -0.1) is 10.2 Å². The van der Waals surface area contributed by atoms with Crippen LogP contribution in [0.3, 0.4) is 0 Å². The number of carboxylic acids is 1. The number of rotatable bonds is 2. The Morgan fingerprint density at radius 2 is 2.20 bits per heavy atom. The fourth-order valence-electron chi connectivity index (χ4n) is 3.04. The van der Waals surface area contributed by atoms with Gasteiger partial charge in [0.1, 0.15) is 17.7 Å². The molecule has 1 saturated carbocycles. The van der Waals surface area contributed by atoms with Crippen molar-refractivity contribution >= 4 is 22.8 Å². The van der Waals surface area contributed by atoms with Gasteiger partial charge in [-0.05, 0) is 5.41 Å². The van der Waals surface area contributed by atoms with Crippen LogP contribution in [0.15, 0.2) is 12.7 Å². The minimum Gasteiger partial charge on any atom is -0.481 e. The molecule has 3 aromatic rings. The smallest absolute Gasteiger partial charge is 0.307 e. The molecule has 0 radical (unpaired) electrons. The monoisotopic (exact) mass is 272 g/mol. The highest BCUT2D eigenvalue weighted by Gasteiger charge is 2.64. The van der Waals surface area contributed by atoms with E-state index >= 15 is 0 Å². The van der Waals surface area contributed by atoms with Gasteiger partial charge in [0.25, 0.3) is 0 Å². The summed E-state index contributed by atoms with van der Waals surface area (Å²) in [5.74, 6) is -0.752. The Hall–Kier alpha value is -2.51. The highest BCUT2D eigenvalue weighted by molar-refractivity contribution is 5.84. The summed E-state index contributed by atoms with van der Waals surface area (Å²) < 4.78 is 1.75. The number of aromatic amines is 1. The molecular formula is C12H12N6O2. The Bertz CT molecular complexity index is 848. The maximum absolute atomic E-state index is 11.3. The van der Waals surface area contributed by atoms with Crippen molar-refractivity contribution in [2.24, 2.45) is 11.3 Å². The van der Waals surface area contributed by atoms with Gasteiger partial charge >= 0.3 is 5.97 Å². The summed E-state index contributed by atoms with van der Waals surface area (Å²) in [7, 11) is 0. The molecule has 0 spiro atoms. The Labute approximate surface area is 112 Å². The number of nitrogens with one attached hydrogen (secondary N) is 1. The van der Waals surface area contributed by atoms with Crippen molar-refractivity contribution in [1.29, 1.82) is 0 Å². The number of aromatic nitrogens is 6. The lowest BCUT2D eigenvalue weighted by molar-refractivity contribution is -0.139. The molecule has 0 saturated heterocycles. The van der Waals surface area contributed by atoms with E-state index < -0.39 is 11.9 Å². The zero-order valence-electron chi connectivity index (χ0n) is 10.9. The molecule has 1 aliphatic carbocycles. The number of hydrogen-bond donors (Lipinski definition) is 2. The molecule has 102 valence electrons. The minimum absolute atomic E-state index is 0.155. The van der Waals surface area contributed by atoms with Crippen LogP contribution in [0, 0.1) is 11.3 Å². The molecule has 3 heterocycles. The lowest BCUT2D eigenvalue weighted by Crippen LogP contribution is -2.03. The minimum atomic E-state index is -0.799. The van der Waals surface area contributed by atoms with Crippen LogP contribution < -0.4 is 0 Å². The van der Waals surface area contributed by atoms with E-state index in [1.165, 1.54) is 0 Å². The van der Waals surface area contributed by atoms with E-state index in [0.717, 1.165) is 0 Å². The van der Waals surface area contributed by atoms with Gasteiger partial charge in [0.15, 0.2) is 11.3 Å². The fraction of sp³-hybridized carbons (Fsp3) is 0.417. The first kappa shape index (κ1) is 11.3. The summed E-state index contributed by atoms with van der Waals surface area (Å²) in [5.41, 5.74) is 1.57. The van der Waals surface area contributed by atoms with Crippen molar-refractivity contribution in [2.75, 3.05) is 0 Å². The van der Waals surface area contributed by atoms with Crippen LogP contribution in [0.25, 0.3) is 16.8 Å². The number of imidazole rings is 1. The standard InChI is InChI=1S/C12H12N6O2/c1-12(2)5(6(12)11(19)20)9-16-17-10-7-8(14-3-13-7)15-4-18(9)10/h3-6H,1-2H3,(H,13,14)(H,19,20). The molecule has 3 aromatic heterocycles. The predicted octanol–water partition coefficient (Wildman–Crippen LogP) is 0.825. The highest BCUT2D eigenvalue weighted by atomic mass is 16.4. The average Bonchev–Trinajstić information content (AvgIpc) is 2.79. The van der Waals surface area contributed by atoms with E-state index in [-0.39, 0.29) is 11.3 Å². The van der Waals surface area contributed by atoms with Crippen LogP contribution in [0.4, 0.5) is 0 Å².